The zero-order valence-electron chi connectivity index (χ0n) is 26.4. The second-order valence-corrected chi connectivity index (χ2v) is 13.9. The number of hydroxylamine groups is 2. The summed E-state index contributed by atoms with van der Waals surface area (Å²) in [6, 6.07) is 0. The molecule has 0 aliphatic rings. The van der Waals surface area contributed by atoms with Gasteiger partial charge < -0.3 is 10.6 Å². The van der Waals surface area contributed by atoms with Gasteiger partial charge in [-0.2, -0.15) is 0 Å². The van der Waals surface area contributed by atoms with Gasteiger partial charge in [0, 0.05) is 23.9 Å². The van der Waals surface area contributed by atoms with Gasteiger partial charge in [-0.1, -0.05) is 69.2 Å². The van der Waals surface area contributed by atoms with Crippen LogP contribution in [0.5, 0.6) is 0 Å². The van der Waals surface area contributed by atoms with Crippen molar-refractivity contribution < 1.29 is 28.9 Å². The molecule has 0 aromatic heterocycles. The molecule has 38 heavy (non-hydrogen) atoms. The summed E-state index contributed by atoms with van der Waals surface area (Å²) in [5, 5.41) is 5.72. The molecule has 0 aliphatic carbocycles. The van der Waals surface area contributed by atoms with Gasteiger partial charge in [0.2, 0.25) is 23.6 Å². The summed E-state index contributed by atoms with van der Waals surface area (Å²) in [7, 11) is 0. The van der Waals surface area contributed by atoms with Gasteiger partial charge in [0.05, 0.1) is 24.0 Å². The highest BCUT2D eigenvalue weighted by atomic mass is 16.7. The molecule has 224 valence electrons. The first kappa shape index (κ1) is 37.9. The molecule has 4 amide bonds. The number of nitrogens with one attached hydrogen (secondary N) is 4. The predicted octanol–water partition coefficient (Wildman–Crippen LogP) is 3.76. The van der Waals surface area contributed by atoms with E-state index in [1.807, 2.05) is 27.7 Å². The van der Waals surface area contributed by atoms with Crippen LogP contribution in [0.3, 0.4) is 0 Å². The number of hydrogen-bond donors (Lipinski definition) is 4. The molecular formula is C28H56N4O6. The molecule has 0 saturated carbocycles. The molecule has 0 aromatic rings. The monoisotopic (exact) mass is 544 g/mol. The Labute approximate surface area is 231 Å². The third kappa shape index (κ3) is 17.3. The van der Waals surface area contributed by atoms with Crippen molar-refractivity contribution >= 4 is 23.6 Å². The lowest BCUT2D eigenvalue weighted by Gasteiger charge is -2.25. The van der Waals surface area contributed by atoms with E-state index in [0.29, 0.717) is 24.9 Å². The fourth-order valence-electron chi connectivity index (χ4n) is 2.07. The minimum Gasteiger partial charge on any atom is -0.355 e. The van der Waals surface area contributed by atoms with E-state index in [2.05, 4.69) is 21.6 Å². The quantitative estimate of drug-likeness (QED) is 0.276. The molecule has 0 spiro atoms. The van der Waals surface area contributed by atoms with Crippen molar-refractivity contribution in [3.63, 3.8) is 0 Å². The number of carbonyl (C=O) groups is 4. The highest BCUT2D eigenvalue weighted by molar-refractivity contribution is 5.83. The number of hydrogen-bond acceptors (Lipinski definition) is 6. The lowest BCUT2D eigenvalue weighted by molar-refractivity contribution is -0.148. The molecule has 0 fully saturated rings. The minimum atomic E-state index is -0.681. The smallest absolute Gasteiger partial charge is 0.248 e. The molecule has 0 saturated heterocycles. The van der Waals surface area contributed by atoms with Crippen LogP contribution in [-0.4, -0.2) is 49.9 Å². The first-order chi connectivity index (χ1) is 16.9. The van der Waals surface area contributed by atoms with E-state index in [0.717, 1.165) is 0 Å². The summed E-state index contributed by atoms with van der Waals surface area (Å²) < 4.78 is 0. The highest BCUT2D eigenvalue weighted by Crippen LogP contribution is 2.18. The first-order valence-electron chi connectivity index (χ1n) is 13.3. The maximum Gasteiger partial charge on any atom is 0.248 e. The number of carbonyl (C=O) groups excluding carboxylic acids is 4. The summed E-state index contributed by atoms with van der Waals surface area (Å²) in [6.45, 7) is 27.6. The Hall–Kier alpha value is -2.20. The third-order valence-electron chi connectivity index (χ3n) is 5.13. The van der Waals surface area contributed by atoms with E-state index in [9.17, 15) is 19.2 Å². The zero-order chi connectivity index (χ0) is 30.5. The van der Waals surface area contributed by atoms with E-state index in [-0.39, 0.29) is 36.8 Å². The normalized spacial score (nSPS) is 12.4. The SMILES string of the molecule is CC(C)CNC(=O)C(C)(C)CONC(=O)C(C)(C)C.CC(C)CNC(=O)C(C)(C)CONC(=O)C(C)(C)C. The van der Waals surface area contributed by atoms with Crippen LogP contribution in [0.25, 0.3) is 0 Å². The van der Waals surface area contributed by atoms with Crippen molar-refractivity contribution in [3.8, 4) is 0 Å². The van der Waals surface area contributed by atoms with Crippen molar-refractivity contribution in [2.75, 3.05) is 26.3 Å². The zero-order valence-corrected chi connectivity index (χ0v) is 26.4. The molecule has 0 atom stereocenters. The molecule has 0 rings (SSSR count). The van der Waals surface area contributed by atoms with Crippen LogP contribution in [0, 0.1) is 33.5 Å². The average Bonchev–Trinajstić information content (AvgIpc) is 2.74. The standard InChI is InChI=1S/2C14H28N2O3/c2*1-10(2)8-15-12(18)14(6,7)9-19-16-11(17)13(3,4)5/h2*10H,8-9H2,1-7H3,(H,15,18)(H,16,17). The fourth-order valence-corrected chi connectivity index (χ4v) is 2.07. The Morgan fingerprint density at radius 2 is 0.789 bits per heavy atom. The molecule has 4 N–H and O–H groups in total. The van der Waals surface area contributed by atoms with Crippen LogP contribution >= 0.6 is 0 Å². The van der Waals surface area contributed by atoms with Gasteiger partial charge in [-0.05, 0) is 39.5 Å². The molecule has 0 heterocycles. The first-order valence-corrected chi connectivity index (χ1v) is 13.3. The molecular weight excluding hydrogens is 488 g/mol. The van der Waals surface area contributed by atoms with Crippen molar-refractivity contribution in [2.45, 2.75) is 96.9 Å². The van der Waals surface area contributed by atoms with Gasteiger partial charge in [0.1, 0.15) is 0 Å². The maximum atomic E-state index is 11.9. The van der Waals surface area contributed by atoms with Gasteiger partial charge in [0.25, 0.3) is 0 Å². The van der Waals surface area contributed by atoms with Gasteiger partial charge in [-0.15, -0.1) is 0 Å². The lowest BCUT2D eigenvalue weighted by atomic mass is 9.93. The lowest BCUT2D eigenvalue weighted by Crippen LogP contribution is -2.44. The Balaban J connectivity index is 0. The summed E-state index contributed by atoms with van der Waals surface area (Å²) in [5.41, 5.74) is 2.38. The van der Waals surface area contributed by atoms with Crippen LogP contribution in [0.2, 0.25) is 0 Å². The van der Waals surface area contributed by atoms with Crippen molar-refractivity contribution in [1.82, 2.24) is 21.6 Å². The second-order valence-electron chi connectivity index (χ2n) is 13.9. The molecule has 0 aromatic carbocycles. The Morgan fingerprint density at radius 3 is 1.00 bits per heavy atom. The largest absolute Gasteiger partial charge is 0.355 e. The van der Waals surface area contributed by atoms with Crippen molar-refractivity contribution in [3.05, 3.63) is 0 Å². The topological polar surface area (TPSA) is 135 Å². The predicted molar refractivity (Wildman–Crippen MR) is 150 cm³/mol. The molecule has 10 heteroatoms. The minimum absolute atomic E-state index is 0.0776. The van der Waals surface area contributed by atoms with Crippen molar-refractivity contribution in [1.29, 1.82) is 0 Å². The van der Waals surface area contributed by atoms with E-state index in [4.69, 9.17) is 9.68 Å². The van der Waals surface area contributed by atoms with Crippen LogP contribution in [-0.2, 0) is 28.9 Å². The molecule has 0 radical (unpaired) electrons. The molecule has 0 aliphatic heterocycles. The van der Waals surface area contributed by atoms with E-state index in [1.54, 1.807) is 69.2 Å². The average molecular weight is 545 g/mol. The van der Waals surface area contributed by atoms with Gasteiger partial charge >= 0.3 is 0 Å². The number of rotatable bonds is 12. The van der Waals surface area contributed by atoms with Crippen molar-refractivity contribution in [2.24, 2.45) is 33.5 Å². The third-order valence-corrected chi connectivity index (χ3v) is 5.13. The van der Waals surface area contributed by atoms with Crippen LogP contribution in [0.4, 0.5) is 0 Å². The summed E-state index contributed by atoms with van der Waals surface area (Å²) in [5.74, 6) is 0.247. The number of amides is 4. The molecule has 0 bridgehead atoms. The Bertz CT molecular complexity index is 698. The highest BCUT2D eigenvalue weighted by Gasteiger charge is 2.30. The summed E-state index contributed by atoms with van der Waals surface area (Å²) >= 11 is 0. The van der Waals surface area contributed by atoms with Crippen LogP contribution in [0.15, 0.2) is 0 Å². The van der Waals surface area contributed by atoms with E-state index in [1.165, 1.54) is 0 Å². The molecule has 10 nitrogen and oxygen atoms in total. The maximum absolute atomic E-state index is 11.9. The van der Waals surface area contributed by atoms with E-state index < -0.39 is 21.7 Å². The Kier molecular flexibility index (Phi) is 16.0. The summed E-state index contributed by atoms with van der Waals surface area (Å²) in [6.07, 6.45) is 0. The van der Waals surface area contributed by atoms with Gasteiger partial charge in [0.15, 0.2) is 0 Å². The van der Waals surface area contributed by atoms with Gasteiger partial charge in [-0.3, -0.25) is 28.9 Å². The fraction of sp³-hybridized carbons (Fsp3) is 0.857. The second kappa shape index (κ2) is 16.0. The van der Waals surface area contributed by atoms with Crippen LogP contribution < -0.4 is 21.6 Å². The van der Waals surface area contributed by atoms with Gasteiger partial charge in [-0.25, -0.2) is 11.0 Å². The summed E-state index contributed by atoms with van der Waals surface area (Å²) in [4.78, 5) is 57.4. The van der Waals surface area contributed by atoms with E-state index >= 15 is 0 Å². The Morgan fingerprint density at radius 1 is 0.526 bits per heavy atom. The van der Waals surface area contributed by atoms with Crippen LogP contribution in [0.1, 0.15) is 96.9 Å². The molecule has 0 unspecified atom stereocenters.